The van der Waals surface area contributed by atoms with Crippen LogP contribution in [-0.2, 0) is 6.42 Å². The molecule has 1 atom stereocenters. The number of carbonyl (C=O) groups excluding carboxylic acids is 1. The summed E-state index contributed by atoms with van der Waals surface area (Å²) in [6, 6.07) is 14.3. The number of aromatic nitrogens is 4. The number of piperidine rings is 1. The monoisotopic (exact) mass is 479 g/mol. The molecule has 3 aromatic rings. The number of nitrogens with one attached hydrogen (secondary N) is 2. The van der Waals surface area contributed by atoms with Crippen molar-refractivity contribution in [2.24, 2.45) is 5.92 Å². The van der Waals surface area contributed by atoms with E-state index in [2.05, 4.69) is 31.1 Å². The number of hydrogen-bond acceptors (Lipinski definition) is 5. The van der Waals surface area contributed by atoms with Crippen molar-refractivity contribution in [2.45, 2.75) is 45.6 Å². The lowest BCUT2D eigenvalue weighted by Crippen LogP contribution is -2.38. The molecule has 0 spiro atoms. The zero-order chi connectivity index (χ0) is 24.6. The molecule has 1 saturated heterocycles. The molecule has 0 aliphatic carbocycles. The van der Waals surface area contributed by atoms with Gasteiger partial charge in [-0.25, -0.2) is 13.9 Å². The summed E-state index contributed by atoms with van der Waals surface area (Å²) in [4.78, 5) is 14.9. The van der Waals surface area contributed by atoms with Gasteiger partial charge in [0, 0.05) is 24.3 Å². The first-order valence-electron chi connectivity index (χ1n) is 12.4. The number of benzene rings is 2. The predicted molar refractivity (Wildman–Crippen MR) is 135 cm³/mol. The maximum Gasteiger partial charge on any atom is 0.319 e. The largest absolute Gasteiger partial charge is 0.338 e. The molecule has 0 radical (unpaired) electrons. The van der Waals surface area contributed by atoms with Gasteiger partial charge in [-0.05, 0) is 98.8 Å². The highest BCUT2D eigenvalue weighted by molar-refractivity contribution is 5.89. The van der Waals surface area contributed by atoms with Crippen LogP contribution in [-0.4, -0.2) is 57.3 Å². The zero-order valence-electron chi connectivity index (χ0n) is 20.5. The van der Waals surface area contributed by atoms with Crippen LogP contribution in [0.2, 0.25) is 0 Å². The molecule has 2 heterocycles. The van der Waals surface area contributed by atoms with E-state index in [4.69, 9.17) is 0 Å². The molecule has 2 aromatic carbocycles. The van der Waals surface area contributed by atoms with E-state index in [-0.39, 0.29) is 17.9 Å². The van der Waals surface area contributed by atoms with Gasteiger partial charge in [0.2, 0.25) is 0 Å². The number of anilines is 1. The third-order valence-corrected chi connectivity index (χ3v) is 6.34. The Labute approximate surface area is 205 Å². The number of urea groups is 1. The average Bonchev–Trinajstić information content (AvgIpc) is 3.34. The van der Waals surface area contributed by atoms with Crippen molar-refractivity contribution in [3.05, 3.63) is 59.9 Å². The second-order valence-electron chi connectivity index (χ2n) is 9.50. The molecule has 0 bridgehead atoms. The smallest absolute Gasteiger partial charge is 0.319 e. The Morgan fingerprint density at radius 3 is 2.83 bits per heavy atom. The van der Waals surface area contributed by atoms with Crippen molar-refractivity contribution in [2.75, 3.05) is 31.5 Å². The average molecular weight is 480 g/mol. The number of likely N-dealkylation sites (tertiary alicyclic amines) is 1. The third kappa shape index (κ3) is 7.08. The number of carbonyl (C=O) groups is 1. The second-order valence-corrected chi connectivity index (χ2v) is 9.50. The maximum absolute atomic E-state index is 13.1. The fraction of sp³-hybridized carbons (Fsp3) is 0.462. The van der Waals surface area contributed by atoms with Gasteiger partial charge in [0.05, 0.1) is 6.04 Å². The fourth-order valence-electron chi connectivity index (χ4n) is 4.62. The summed E-state index contributed by atoms with van der Waals surface area (Å²) in [6.45, 7) is 7.74. The molecule has 1 aliphatic heterocycles. The highest BCUT2D eigenvalue weighted by Crippen LogP contribution is 2.23. The molecule has 1 aromatic heterocycles. The molecule has 0 saturated carbocycles. The number of amides is 2. The van der Waals surface area contributed by atoms with E-state index < -0.39 is 0 Å². The van der Waals surface area contributed by atoms with E-state index in [0.29, 0.717) is 24.0 Å². The lowest BCUT2D eigenvalue weighted by molar-refractivity contribution is 0.172. The van der Waals surface area contributed by atoms with Crippen LogP contribution in [0.4, 0.5) is 14.9 Å². The summed E-state index contributed by atoms with van der Waals surface area (Å²) < 4.78 is 14.9. The van der Waals surface area contributed by atoms with Crippen LogP contribution in [0.15, 0.2) is 48.5 Å². The van der Waals surface area contributed by atoms with Gasteiger partial charge in [-0.1, -0.05) is 24.3 Å². The Morgan fingerprint density at radius 2 is 2.03 bits per heavy atom. The standard InChI is InChI=1S/C26H34FN7O/c1-19(2)34-25(30-31-32-34)22-7-3-8-24(17-22)29-26(35)28-13-5-15-33-14-4-6-21(18-33)16-20-9-11-23(27)12-10-20/h3,7-12,17,19,21H,4-6,13-16,18H2,1-2H3,(H2,28,29,35)/t21-/m0/s1. The van der Waals surface area contributed by atoms with Crippen LogP contribution in [0.25, 0.3) is 11.4 Å². The first-order chi connectivity index (χ1) is 17.0. The maximum atomic E-state index is 13.1. The minimum absolute atomic E-state index is 0.137. The lowest BCUT2D eigenvalue weighted by atomic mass is 9.91. The quantitative estimate of drug-likeness (QED) is 0.441. The van der Waals surface area contributed by atoms with Crippen LogP contribution in [0.5, 0.6) is 0 Å². The molecule has 4 rings (SSSR count). The molecule has 2 amide bonds. The zero-order valence-corrected chi connectivity index (χ0v) is 20.5. The molecular weight excluding hydrogens is 445 g/mol. The molecule has 8 nitrogen and oxygen atoms in total. The van der Waals surface area contributed by atoms with Gasteiger partial charge in [0.25, 0.3) is 0 Å². The van der Waals surface area contributed by atoms with E-state index in [1.807, 2.05) is 50.2 Å². The van der Waals surface area contributed by atoms with E-state index in [0.717, 1.165) is 38.0 Å². The third-order valence-electron chi connectivity index (χ3n) is 6.34. The van der Waals surface area contributed by atoms with Crippen molar-refractivity contribution >= 4 is 11.7 Å². The normalized spacial score (nSPS) is 16.4. The van der Waals surface area contributed by atoms with Gasteiger partial charge in [0.15, 0.2) is 5.82 Å². The summed E-state index contributed by atoms with van der Waals surface area (Å²) in [5.74, 6) is 1.08. The van der Waals surface area contributed by atoms with Crippen molar-refractivity contribution < 1.29 is 9.18 Å². The van der Waals surface area contributed by atoms with E-state index >= 15 is 0 Å². The van der Waals surface area contributed by atoms with Gasteiger partial charge >= 0.3 is 6.03 Å². The van der Waals surface area contributed by atoms with Crippen LogP contribution in [0, 0.1) is 11.7 Å². The lowest BCUT2D eigenvalue weighted by Gasteiger charge is -2.32. The van der Waals surface area contributed by atoms with Crippen LogP contribution in [0.3, 0.4) is 0 Å². The number of rotatable bonds is 9. The topological polar surface area (TPSA) is 88.0 Å². The minimum atomic E-state index is -0.224. The first-order valence-corrected chi connectivity index (χ1v) is 12.4. The van der Waals surface area contributed by atoms with E-state index in [9.17, 15) is 9.18 Å². The van der Waals surface area contributed by atoms with Gasteiger partial charge in [-0.15, -0.1) is 5.10 Å². The number of nitrogens with zero attached hydrogens (tertiary/aromatic N) is 5. The van der Waals surface area contributed by atoms with Crippen molar-refractivity contribution in [3.8, 4) is 11.4 Å². The Hall–Kier alpha value is -3.33. The SMILES string of the molecule is CC(C)n1nnnc1-c1cccc(NC(=O)NCCCN2CCC[C@@H](Cc3ccc(F)cc3)C2)c1. The Kier molecular flexibility index (Phi) is 8.41. The van der Waals surface area contributed by atoms with Crippen LogP contribution < -0.4 is 10.6 Å². The predicted octanol–water partition coefficient (Wildman–Crippen LogP) is 4.53. The Balaban J connectivity index is 1.19. The fourth-order valence-corrected chi connectivity index (χ4v) is 4.62. The van der Waals surface area contributed by atoms with E-state index in [1.165, 1.54) is 30.5 Å². The summed E-state index contributed by atoms with van der Waals surface area (Å²) >= 11 is 0. The van der Waals surface area contributed by atoms with Gasteiger partial charge in [0.1, 0.15) is 5.82 Å². The Morgan fingerprint density at radius 1 is 1.20 bits per heavy atom. The number of halogens is 1. The second kappa shape index (κ2) is 11.9. The van der Waals surface area contributed by atoms with Crippen LogP contribution in [0.1, 0.15) is 44.7 Å². The van der Waals surface area contributed by atoms with Crippen molar-refractivity contribution in [1.29, 1.82) is 0 Å². The molecule has 0 unspecified atom stereocenters. The number of hydrogen-bond donors (Lipinski definition) is 2. The minimum Gasteiger partial charge on any atom is -0.338 e. The van der Waals surface area contributed by atoms with Gasteiger partial charge in [-0.3, -0.25) is 0 Å². The summed E-state index contributed by atoms with van der Waals surface area (Å²) in [5.41, 5.74) is 2.74. The molecular formula is C26H34FN7O. The molecule has 35 heavy (non-hydrogen) atoms. The van der Waals surface area contributed by atoms with Gasteiger partial charge < -0.3 is 15.5 Å². The van der Waals surface area contributed by atoms with E-state index in [1.54, 1.807) is 4.68 Å². The summed E-state index contributed by atoms with van der Waals surface area (Å²) in [5, 5.41) is 17.8. The molecule has 186 valence electrons. The first kappa shape index (κ1) is 24.8. The Bertz CT molecular complexity index is 1100. The highest BCUT2D eigenvalue weighted by atomic mass is 19.1. The summed E-state index contributed by atoms with van der Waals surface area (Å²) in [7, 11) is 0. The van der Waals surface area contributed by atoms with Gasteiger partial charge in [-0.2, -0.15) is 0 Å². The summed E-state index contributed by atoms with van der Waals surface area (Å²) in [6.07, 6.45) is 4.26. The van der Waals surface area contributed by atoms with Crippen LogP contribution >= 0.6 is 0 Å². The molecule has 1 fully saturated rings. The molecule has 2 N–H and O–H groups in total. The number of tetrazole rings is 1. The van der Waals surface area contributed by atoms with Crippen molar-refractivity contribution in [1.82, 2.24) is 30.4 Å². The van der Waals surface area contributed by atoms with Crippen molar-refractivity contribution in [3.63, 3.8) is 0 Å². The highest BCUT2D eigenvalue weighted by Gasteiger charge is 2.20. The molecule has 1 aliphatic rings. The molecule has 9 heteroatoms.